The smallest absolute Gasteiger partial charge is 0.277 e. The number of imide groups is 2. The summed E-state index contributed by atoms with van der Waals surface area (Å²) in [6, 6.07) is 13.1. The van der Waals surface area contributed by atoms with Gasteiger partial charge in [-0.1, -0.05) is 17.7 Å². The average molecular weight is 675 g/mol. The highest BCUT2D eigenvalue weighted by Crippen LogP contribution is 2.46. The van der Waals surface area contributed by atoms with Crippen molar-refractivity contribution < 1.29 is 40.8 Å². The van der Waals surface area contributed by atoms with E-state index in [1.807, 2.05) is 6.92 Å². The summed E-state index contributed by atoms with van der Waals surface area (Å²) in [4.78, 5) is 53.0. The van der Waals surface area contributed by atoms with Gasteiger partial charge >= 0.3 is 6.18 Å². The molecular formula is C36H29F3N2O6S. The summed E-state index contributed by atoms with van der Waals surface area (Å²) in [5.41, 5.74) is 2.21. The average Bonchev–Trinajstić information content (AvgIpc) is 3.38. The van der Waals surface area contributed by atoms with Crippen LogP contribution in [0.2, 0.25) is 0 Å². The molecule has 0 aliphatic carbocycles. The minimum absolute atomic E-state index is 0.0204. The molecule has 4 amide bonds. The van der Waals surface area contributed by atoms with E-state index in [0.29, 0.717) is 11.1 Å². The molecule has 0 radical (unpaired) electrons. The SMILES string of the molecule is Cc1cc(C)c(C(c2c(C)cc(N3C(=O)c4ccc(S(=O)(=O)c5ccc6c(c5)C(=O)N(C)C6=O)cc4C3=O)cc2C)C(F)(F)F)c(C)c1. The summed E-state index contributed by atoms with van der Waals surface area (Å²) in [6.07, 6.45) is -4.64. The van der Waals surface area contributed by atoms with Gasteiger partial charge in [0.15, 0.2) is 0 Å². The van der Waals surface area contributed by atoms with Crippen LogP contribution >= 0.6 is 0 Å². The standard InChI is InChI=1S/C36H29F3N2O6S/c1-17-11-18(2)29(19(3)12-17)31(36(37,38)39)30-20(4)13-22(14-21(30)5)41-34(44)26-10-8-24(16-28(26)35(41)45)48(46,47)23-7-9-25-27(15-23)33(43)40(6)32(25)42/h7-16,31H,1-6H3. The Hall–Kier alpha value is -5.10. The van der Waals surface area contributed by atoms with Crippen LogP contribution in [-0.2, 0) is 9.84 Å². The van der Waals surface area contributed by atoms with E-state index in [0.717, 1.165) is 33.6 Å². The Labute approximate surface area is 274 Å². The normalized spacial score (nSPS) is 15.4. The fourth-order valence-electron chi connectivity index (χ4n) is 6.92. The minimum Gasteiger partial charge on any atom is -0.277 e. The lowest BCUT2D eigenvalue weighted by Gasteiger charge is -2.29. The van der Waals surface area contributed by atoms with E-state index in [2.05, 4.69) is 0 Å². The number of sulfone groups is 1. The molecular weight excluding hydrogens is 645 g/mol. The first-order valence-corrected chi connectivity index (χ1v) is 16.3. The first-order chi connectivity index (χ1) is 22.3. The fraction of sp³-hybridized carbons (Fsp3) is 0.222. The van der Waals surface area contributed by atoms with Gasteiger partial charge in [-0.05, 0) is 117 Å². The zero-order valence-electron chi connectivity index (χ0n) is 26.7. The highest BCUT2D eigenvalue weighted by Gasteiger charge is 2.45. The number of fused-ring (bicyclic) bond motifs is 2. The van der Waals surface area contributed by atoms with Gasteiger partial charge in [0.25, 0.3) is 23.6 Å². The van der Waals surface area contributed by atoms with Crippen LogP contribution in [0.5, 0.6) is 0 Å². The molecule has 0 N–H and O–H groups in total. The zero-order valence-corrected chi connectivity index (χ0v) is 27.6. The molecule has 1 atom stereocenters. The summed E-state index contributed by atoms with van der Waals surface area (Å²) in [5.74, 6) is -4.76. The van der Waals surface area contributed by atoms with Crippen LogP contribution in [0.15, 0.2) is 70.5 Å². The van der Waals surface area contributed by atoms with Crippen molar-refractivity contribution in [2.45, 2.75) is 56.5 Å². The van der Waals surface area contributed by atoms with Crippen molar-refractivity contribution in [2.75, 3.05) is 11.9 Å². The van der Waals surface area contributed by atoms with Gasteiger partial charge in [-0.15, -0.1) is 0 Å². The van der Waals surface area contributed by atoms with Crippen molar-refractivity contribution >= 4 is 39.2 Å². The molecule has 12 heteroatoms. The Kier molecular flexibility index (Phi) is 7.51. The van der Waals surface area contributed by atoms with Gasteiger partial charge in [-0.3, -0.25) is 24.1 Å². The maximum absolute atomic E-state index is 14.8. The monoisotopic (exact) mass is 674 g/mol. The van der Waals surface area contributed by atoms with Crippen molar-refractivity contribution in [3.05, 3.63) is 122 Å². The molecule has 8 nitrogen and oxygen atoms in total. The Morgan fingerprint density at radius 2 is 0.979 bits per heavy atom. The van der Waals surface area contributed by atoms with Crippen molar-refractivity contribution in [3.8, 4) is 0 Å². The molecule has 4 aromatic carbocycles. The summed E-state index contributed by atoms with van der Waals surface area (Å²) < 4.78 is 71.5. The Morgan fingerprint density at radius 1 is 0.583 bits per heavy atom. The minimum atomic E-state index is -4.64. The quantitative estimate of drug-likeness (QED) is 0.216. The number of aryl methyl sites for hydroxylation is 5. The highest BCUT2D eigenvalue weighted by atomic mass is 32.2. The van der Waals surface area contributed by atoms with Crippen LogP contribution in [0.25, 0.3) is 0 Å². The topological polar surface area (TPSA) is 109 Å². The first kappa shape index (κ1) is 32.8. The van der Waals surface area contributed by atoms with Gasteiger partial charge < -0.3 is 0 Å². The number of carbonyl (C=O) groups excluding carboxylic acids is 4. The summed E-state index contributed by atoms with van der Waals surface area (Å²) in [7, 11) is -3.03. The Bertz CT molecular complexity index is 2210. The van der Waals surface area contributed by atoms with Crippen LogP contribution < -0.4 is 4.90 Å². The number of hydrogen-bond acceptors (Lipinski definition) is 6. The highest BCUT2D eigenvalue weighted by molar-refractivity contribution is 7.91. The van der Waals surface area contributed by atoms with E-state index in [4.69, 9.17) is 0 Å². The summed E-state index contributed by atoms with van der Waals surface area (Å²) in [6.45, 7) is 8.10. The largest absolute Gasteiger partial charge is 0.399 e. The van der Waals surface area contributed by atoms with E-state index >= 15 is 0 Å². The molecule has 0 fully saturated rings. The lowest BCUT2D eigenvalue weighted by molar-refractivity contribution is -0.141. The summed E-state index contributed by atoms with van der Waals surface area (Å²) >= 11 is 0. The Balaban J connectivity index is 1.38. The van der Waals surface area contributed by atoms with Crippen molar-refractivity contribution in [1.29, 1.82) is 0 Å². The maximum atomic E-state index is 14.8. The molecule has 2 aliphatic heterocycles. The molecule has 0 saturated heterocycles. The van der Waals surface area contributed by atoms with Crippen LogP contribution in [0.4, 0.5) is 18.9 Å². The van der Waals surface area contributed by atoms with E-state index in [1.54, 1.807) is 26.0 Å². The number of benzene rings is 4. The van der Waals surface area contributed by atoms with Crippen LogP contribution in [-0.4, -0.2) is 50.2 Å². The number of nitrogens with zero attached hydrogens (tertiary/aromatic N) is 2. The fourth-order valence-corrected chi connectivity index (χ4v) is 8.23. The number of anilines is 1. The molecule has 1 unspecified atom stereocenters. The second-order valence-corrected chi connectivity index (χ2v) is 14.3. The van der Waals surface area contributed by atoms with E-state index < -0.39 is 45.6 Å². The number of alkyl halides is 3. The number of halogens is 3. The molecule has 4 aromatic rings. The molecule has 0 saturated carbocycles. The van der Waals surface area contributed by atoms with E-state index in [-0.39, 0.29) is 60.0 Å². The second kappa shape index (κ2) is 11.0. The predicted octanol–water partition coefficient (Wildman–Crippen LogP) is 6.78. The number of hydrogen-bond donors (Lipinski definition) is 0. The Morgan fingerprint density at radius 3 is 1.46 bits per heavy atom. The first-order valence-electron chi connectivity index (χ1n) is 14.8. The molecule has 6 rings (SSSR count). The molecule has 0 bridgehead atoms. The number of amides is 4. The van der Waals surface area contributed by atoms with Crippen LogP contribution in [0.1, 0.15) is 86.3 Å². The van der Waals surface area contributed by atoms with Crippen LogP contribution in [0.3, 0.4) is 0 Å². The molecule has 246 valence electrons. The lowest BCUT2D eigenvalue weighted by atomic mass is 9.80. The van der Waals surface area contributed by atoms with Gasteiger partial charge in [0, 0.05) is 7.05 Å². The van der Waals surface area contributed by atoms with Crippen molar-refractivity contribution in [1.82, 2.24) is 4.90 Å². The third kappa shape index (κ3) is 4.93. The summed E-state index contributed by atoms with van der Waals surface area (Å²) in [5, 5.41) is 0. The van der Waals surface area contributed by atoms with Crippen LogP contribution in [0, 0.1) is 34.6 Å². The lowest BCUT2D eigenvalue weighted by Crippen LogP contribution is -2.30. The van der Waals surface area contributed by atoms with Gasteiger partial charge in [-0.2, -0.15) is 13.2 Å². The van der Waals surface area contributed by atoms with Gasteiger partial charge in [0.1, 0.15) is 5.92 Å². The van der Waals surface area contributed by atoms with E-state index in [1.165, 1.54) is 51.2 Å². The third-order valence-corrected chi connectivity index (χ3v) is 10.8. The van der Waals surface area contributed by atoms with Gasteiger partial charge in [0.2, 0.25) is 9.84 Å². The molecule has 0 aromatic heterocycles. The number of carbonyl (C=O) groups is 4. The third-order valence-electron chi connectivity index (χ3n) is 9.02. The molecule has 0 spiro atoms. The van der Waals surface area contributed by atoms with Gasteiger partial charge in [0.05, 0.1) is 37.7 Å². The van der Waals surface area contributed by atoms with Gasteiger partial charge in [-0.25, -0.2) is 13.3 Å². The predicted molar refractivity (Wildman–Crippen MR) is 170 cm³/mol. The maximum Gasteiger partial charge on any atom is 0.399 e. The molecule has 2 heterocycles. The van der Waals surface area contributed by atoms with E-state index in [9.17, 15) is 40.8 Å². The van der Waals surface area contributed by atoms with Crippen molar-refractivity contribution in [3.63, 3.8) is 0 Å². The zero-order chi connectivity index (χ0) is 35.2. The number of rotatable bonds is 5. The molecule has 2 aliphatic rings. The molecule has 48 heavy (non-hydrogen) atoms. The second-order valence-electron chi connectivity index (χ2n) is 12.3. The van der Waals surface area contributed by atoms with Crippen molar-refractivity contribution in [2.24, 2.45) is 0 Å².